The third kappa shape index (κ3) is 2.21. The van der Waals surface area contributed by atoms with Crippen LogP contribution in [0.5, 0.6) is 0 Å². The number of nitrogens with zero attached hydrogens (tertiary/aromatic N) is 1. The fraction of sp³-hybridized carbons (Fsp3) is 0.100. The molecule has 0 fully saturated rings. The van der Waals surface area contributed by atoms with Gasteiger partial charge in [-0.3, -0.25) is 0 Å². The third-order valence-corrected chi connectivity index (χ3v) is 1.48. The van der Waals surface area contributed by atoms with Crippen molar-refractivity contribution in [2.45, 2.75) is 6.67 Å². The van der Waals surface area contributed by atoms with Crippen molar-refractivity contribution in [2.75, 3.05) is 0 Å². The summed E-state index contributed by atoms with van der Waals surface area (Å²) in [6, 6.07) is 8.86. The molecule has 1 aromatic carbocycles. The van der Waals surface area contributed by atoms with Crippen LogP contribution < -0.4 is 0 Å². The first kappa shape index (κ1) is 8.48. The monoisotopic (exact) mass is 160 g/mol. The highest BCUT2D eigenvalue weighted by Gasteiger charge is 1.89. The molecule has 0 aromatic heterocycles. The van der Waals surface area contributed by atoms with Crippen LogP contribution in [0.2, 0.25) is 0 Å². The molecule has 1 aromatic rings. The van der Waals surface area contributed by atoms with Crippen LogP contribution in [0.1, 0.15) is 11.1 Å². The molecule has 0 aliphatic carbocycles. The minimum atomic E-state index is -0.442. The molecule has 0 heterocycles. The Hall–Kier alpha value is -1.62. The van der Waals surface area contributed by atoms with Gasteiger partial charge < -0.3 is 0 Å². The number of benzene rings is 1. The van der Waals surface area contributed by atoms with E-state index >= 15 is 0 Å². The second kappa shape index (κ2) is 4.30. The minimum Gasteiger partial charge on any atom is -0.246 e. The zero-order valence-electron chi connectivity index (χ0n) is 6.50. The van der Waals surface area contributed by atoms with Crippen LogP contribution in [0.25, 0.3) is 6.08 Å². The Labute approximate surface area is 70.8 Å². The second-order valence-electron chi connectivity index (χ2n) is 2.34. The smallest absolute Gasteiger partial charge is 0.115 e. The van der Waals surface area contributed by atoms with Crippen molar-refractivity contribution >= 4 is 6.08 Å². The van der Waals surface area contributed by atoms with Crippen LogP contribution in [0.4, 0.5) is 4.39 Å². The van der Waals surface area contributed by atoms with Crippen LogP contribution in [-0.4, -0.2) is 0 Å². The first-order chi connectivity index (χ1) is 5.86. The summed E-state index contributed by atoms with van der Waals surface area (Å²) < 4.78 is 12.0. The maximum Gasteiger partial charge on any atom is 0.115 e. The van der Waals surface area contributed by atoms with E-state index in [0.717, 1.165) is 5.56 Å². The van der Waals surface area contributed by atoms with Gasteiger partial charge in [0.1, 0.15) is 6.67 Å². The van der Waals surface area contributed by atoms with Gasteiger partial charge in [0, 0.05) is 6.08 Å². The summed E-state index contributed by atoms with van der Waals surface area (Å²) in [6.07, 6.45) is 3.08. The number of allylic oxidation sites excluding steroid dienone is 1. The first-order valence-electron chi connectivity index (χ1n) is 3.58. The lowest BCUT2D eigenvalue weighted by atomic mass is 10.1. The molecule has 0 N–H and O–H groups in total. The van der Waals surface area contributed by atoms with E-state index in [1.54, 1.807) is 30.3 Å². The van der Waals surface area contributed by atoms with Crippen LogP contribution in [0.3, 0.4) is 0 Å². The van der Waals surface area contributed by atoms with Crippen LogP contribution in [-0.2, 0) is 6.67 Å². The van der Waals surface area contributed by atoms with E-state index in [9.17, 15) is 4.39 Å². The molecule has 0 aliphatic rings. The summed E-state index contributed by atoms with van der Waals surface area (Å²) in [6.45, 7) is -0.442. The summed E-state index contributed by atoms with van der Waals surface area (Å²) in [5.74, 6) is 0. The quantitative estimate of drug-likeness (QED) is 0.610. The molecule has 0 atom stereocenters. The van der Waals surface area contributed by atoms with Gasteiger partial charge in [0.2, 0.25) is 0 Å². The van der Waals surface area contributed by atoms with Crippen molar-refractivity contribution < 1.29 is 4.39 Å². The van der Waals surface area contributed by atoms with Crippen molar-refractivity contribution in [1.29, 1.82) is 5.26 Å². The Morgan fingerprint density at radius 3 is 2.50 bits per heavy atom. The Kier molecular flexibility index (Phi) is 3.04. The van der Waals surface area contributed by atoms with E-state index in [4.69, 9.17) is 5.26 Å². The summed E-state index contributed by atoms with van der Waals surface area (Å²) in [7, 11) is 0. The number of rotatable bonds is 2. The minimum absolute atomic E-state index is 0.442. The Balaban J connectivity index is 2.79. The molecule has 0 bridgehead atoms. The highest BCUT2D eigenvalue weighted by Crippen LogP contribution is 2.06. The fourth-order valence-electron chi connectivity index (χ4n) is 0.851. The van der Waals surface area contributed by atoms with Crippen LogP contribution in [0, 0.1) is 11.3 Å². The number of nitriles is 1. The molecular formula is C10H8FN. The molecule has 1 nitrogen and oxygen atoms in total. The number of halogens is 1. The van der Waals surface area contributed by atoms with Gasteiger partial charge in [0.15, 0.2) is 0 Å². The lowest BCUT2D eigenvalue weighted by molar-refractivity contribution is 0.485. The van der Waals surface area contributed by atoms with Gasteiger partial charge in [-0.1, -0.05) is 24.3 Å². The average Bonchev–Trinajstić information content (AvgIpc) is 2.15. The Morgan fingerprint density at radius 1 is 1.33 bits per heavy atom. The lowest BCUT2D eigenvalue weighted by Crippen LogP contribution is -1.77. The van der Waals surface area contributed by atoms with Crippen molar-refractivity contribution in [1.82, 2.24) is 0 Å². The van der Waals surface area contributed by atoms with Crippen LogP contribution in [0.15, 0.2) is 30.3 Å². The molecule has 0 unspecified atom stereocenters. The van der Waals surface area contributed by atoms with Gasteiger partial charge in [-0.2, -0.15) is 5.26 Å². The van der Waals surface area contributed by atoms with E-state index in [2.05, 4.69) is 0 Å². The summed E-state index contributed by atoms with van der Waals surface area (Å²) in [5.41, 5.74) is 1.57. The lowest BCUT2D eigenvalue weighted by Gasteiger charge is -1.94. The molecule has 0 saturated heterocycles. The van der Waals surface area contributed by atoms with Crippen molar-refractivity contribution in [3.05, 3.63) is 41.5 Å². The highest BCUT2D eigenvalue weighted by atomic mass is 18.2. The van der Waals surface area contributed by atoms with Crippen molar-refractivity contribution in [3.63, 3.8) is 0 Å². The summed E-state index contributed by atoms with van der Waals surface area (Å²) in [4.78, 5) is 0. The van der Waals surface area contributed by atoms with E-state index in [1.807, 2.05) is 6.07 Å². The van der Waals surface area contributed by atoms with Crippen molar-refractivity contribution in [3.8, 4) is 6.07 Å². The predicted octanol–water partition coefficient (Wildman–Crippen LogP) is 2.69. The number of alkyl halides is 1. The highest BCUT2D eigenvalue weighted by molar-refractivity contribution is 5.51. The Morgan fingerprint density at radius 2 is 2.00 bits per heavy atom. The first-order valence-corrected chi connectivity index (χ1v) is 3.58. The normalized spacial score (nSPS) is 10.0. The molecular weight excluding hydrogens is 152 g/mol. The van der Waals surface area contributed by atoms with E-state index < -0.39 is 6.67 Å². The molecule has 2 heteroatoms. The molecule has 0 spiro atoms. The van der Waals surface area contributed by atoms with E-state index in [-0.39, 0.29) is 0 Å². The summed E-state index contributed by atoms with van der Waals surface area (Å²) in [5, 5.41) is 8.23. The van der Waals surface area contributed by atoms with E-state index in [1.165, 1.54) is 6.08 Å². The largest absolute Gasteiger partial charge is 0.246 e. The maximum absolute atomic E-state index is 12.0. The van der Waals surface area contributed by atoms with Gasteiger partial charge in [-0.05, 0) is 17.2 Å². The van der Waals surface area contributed by atoms with Gasteiger partial charge in [-0.15, -0.1) is 0 Å². The van der Waals surface area contributed by atoms with Crippen LogP contribution >= 0.6 is 0 Å². The van der Waals surface area contributed by atoms with Gasteiger partial charge >= 0.3 is 0 Å². The topological polar surface area (TPSA) is 23.8 Å². The molecule has 0 saturated carbocycles. The summed E-state index contributed by atoms with van der Waals surface area (Å²) >= 11 is 0. The maximum atomic E-state index is 12.0. The molecule has 12 heavy (non-hydrogen) atoms. The zero-order chi connectivity index (χ0) is 8.81. The zero-order valence-corrected chi connectivity index (χ0v) is 6.50. The standard InChI is InChI=1S/C10H8FN/c11-8-10-5-3-9(4-6-10)2-1-7-12/h1-6H,8H2/i11-1. The molecule has 0 aliphatic heterocycles. The van der Waals surface area contributed by atoms with Crippen molar-refractivity contribution in [2.24, 2.45) is 0 Å². The average molecular weight is 160 g/mol. The van der Waals surface area contributed by atoms with Gasteiger partial charge in [-0.25, -0.2) is 4.39 Å². The predicted molar refractivity (Wildman–Crippen MR) is 45.9 cm³/mol. The number of hydrogen-bond acceptors (Lipinski definition) is 1. The fourth-order valence-corrected chi connectivity index (χ4v) is 0.851. The molecule has 60 valence electrons. The van der Waals surface area contributed by atoms with Gasteiger partial charge in [0.05, 0.1) is 6.07 Å². The molecule has 0 amide bonds. The van der Waals surface area contributed by atoms with E-state index in [0.29, 0.717) is 5.56 Å². The molecule has 1 rings (SSSR count). The Bertz CT molecular complexity index is 306. The second-order valence-corrected chi connectivity index (χ2v) is 2.34. The van der Waals surface area contributed by atoms with Gasteiger partial charge in [0.25, 0.3) is 0 Å². The third-order valence-electron chi connectivity index (χ3n) is 1.48. The SMILES string of the molecule is N#CC=Cc1ccc(C[18F])cc1. The number of hydrogen-bond donors (Lipinski definition) is 0. The molecule has 0 radical (unpaired) electrons.